The lowest BCUT2D eigenvalue weighted by Gasteiger charge is -1.99. The molecule has 0 aliphatic carbocycles. The number of methoxy groups -OCH3 is 1. The second-order valence-electron chi connectivity index (χ2n) is 3.98. The largest absolute Gasteiger partial charge is 0.497 e. The van der Waals surface area contributed by atoms with Crippen LogP contribution in [0.2, 0.25) is 5.02 Å². The van der Waals surface area contributed by atoms with E-state index in [2.05, 4.69) is 0 Å². The highest BCUT2D eigenvalue weighted by Gasteiger charge is 2.01. The smallest absolute Gasteiger partial charge is 0.185 e. The Labute approximate surface area is 117 Å². The quantitative estimate of drug-likeness (QED) is 0.614. The van der Waals surface area contributed by atoms with Gasteiger partial charge in [0.25, 0.3) is 0 Å². The summed E-state index contributed by atoms with van der Waals surface area (Å²) in [4.78, 5) is 11.9. The Bertz CT molecular complexity index is 600. The molecule has 2 aromatic rings. The zero-order chi connectivity index (χ0) is 13.7. The number of rotatable bonds is 4. The highest BCUT2D eigenvalue weighted by Crippen LogP contribution is 2.14. The van der Waals surface area contributed by atoms with Crippen LogP contribution in [0.4, 0.5) is 0 Å². The topological polar surface area (TPSA) is 26.3 Å². The van der Waals surface area contributed by atoms with Crippen molar-refractivity contribution in [1.82, 2.24) is 0 Å². The lowest BCUT2D eigenvalue weighted by molar-refractivity contribution is 0.104. The van der Waals surface area contributed by atoms with Crippen LogP contribution < -0.4 is 4.74 Å². The summed E-state index contributed by atoms with van der Waals surface area (Å²) < 4.78 is 5.07. The van der Waals surface area contributed by atoms with Crippen LogP contribution in [0.3, 0.4) is 0 Å². The normalized spacial score (nSPS) is 10.6. The summed E-state index contributed by atoms with van der Waals surface area (Å²) in [5, 5.41) is 0.559. The minimum Gasteiger partial charge on any atom is -0.497 e. The van der Waals surface area contributed by atoms with Crippen molar-refractivity contribution < 1.29 is 9.53 Å². The van der Waals surface area contributed by atoms with Gasteiger partial charge < -0.3 is 4.74 Å². The third kappa shape index (κ3) is 3.70. The monoisotopic (exact) mass is 272 g/mol. The molecule has 0 aliphatic rings. The summed E-state index contributed by atoms with van der Waals surface area (Å²) in [7, 11) is 1.62. The van der Waals surface area contributed by atoms with Crippen LogP contribution in [-0.4, -0.2) is 12.9 Å². The van der Waals surface area contributed by atoms with Gasteiger partial charge in [0.05, 0.1) is 7.11 Å². The van der Waals surface area contributed by atoms with E-state index in [-0.39, 0.29) is 5.78 Å². The number of hydrogen-bond acceptors (Lipinski definition) is 2. The fourth-order valence-electron chi connectivity index (χ4n) is 1.62. The molecule has 0 N–H and O–H groups in total. The molecule has 0 atom stereocenters. The molecule has 2 nitrogen and oxygen atoms in total. The Morgan fingerprint density at radius 3 is 2.53 bits per heavy atom. The van der Waals surface area contributed by atoms with Crippen LogP contribution in [0.15, 0.2) is 54.6 Å². The second-order valence-corrected chi connectivity index (χ2v) is 4.42. The Morgan fingerprint density at radius 2 is 1.89 bits per heavy atom. The maximum absolute atomic E-state index is 11.9. The molecule has 0 radical (unpaired) electrons. The predicted molar refractivity (Wildman–Crippen MR) is 77.8 cm³/mol. The van der Waals surface area contributed by atoms with Gasteiger partial charge >= 0.3 is 0 Å². The van der Waals surface area contributed by atoms with Gasteiger partial charge in [0.1, 0.15) is 5.75 Å². The Kier molecular flexibility index (Phi) is 4.37. The summed E-state index contributed by atoms with van der Waals surface area (Å²) in [6, 6.07) is 14.4. The molecule has 0 aliphatic heterocycles. The average molecular weight is 273 g/mol. The molecule has 3 heteroatoms. The first-order valence-electron chi connectivity index (χ1n) is 5.81. The van der Waals surface area contributed by atoms with Crippen LogP contribution in [0, 0.1) is 0 Å². The minimum atomic E-state index is -0.0710. The SMILES string of the molecule is COc1ccc(C=CC(=O)c2cccc(Cl)c2)cc1. The number of hydrogen-bond donors (Lipinski definition) is 0. The molecule has 0 saturated carbocycles. The van der Waals surface area contributed by atoms with Gasteiger partial charge in [-0.15, -0.1) is 0 Å². The number of carbonyl (C=O) groups is 1. The van der Waals surface area contributed by atoms with Gasteiger partial charge in [0.15, 0.2) is 5.78 Å². The third-order valence-electron chi connectivity index (χ3n) is 2.65. The number of allylic oxidation sites excluding steroid dienone is 1. The predicted octanol–water partition coefficient (Wildman–Crippen LogP) is 4.24. The average Bonchev–Trinajstić information content (AvgIpc) is 2.45. The van der Waals surface area contributed by atoms with Crippen molar-refractivity contribution in [2.45, 2.75) is 0 Å². The third-order valence-corrected chi connectivity index (χ3v) is 2.89. The molecule has 0 fully saturated rings. The van der Waals surface area contributed by atoms with Gasteiger partial charge in [0.2, 0.25) is 0 Å². The second kappa shape index (κ2) is 6.21. The van der Waals surface area contributed by atoms with Crippen molar-refractivity contribution in [1.29, 1.82) is 0 Å². The Morgan fingerprint density at radius 1 is 1.16 bits per heavy atom. The number of halogens is 1. The van der Waals surface area contributed by atoms with E-state index in [1.54, 1.807) is 37.5 Å². The van der Waals surface area contributed by atoms with Gasteiger partial charge in [-0.05, 0) is 35.9 Å². The van der Waals surface area contributed by atoms with Crippen molar-refractivity contribution in [3.8, 4) is 5.75 Å². The van der Waals surface area contributed by atoms with E-state index >= 15 is 0 Å². The molecule has 0 spiro atoms. The van der Waals surface area contributed by atoms with Crippen LogP contribution in [-0.2, 0) is 0 Å². The van der Waals surface area contributed by atoms with Gasteiger partial charge in [0, 0.05) is 10.6 Å². The molecule has 0 heterocycles. The fraction of sp³-hybridized carbons (Fsp3) is 0.0625. The van der Waals surface area contributed by atoms with Crippen molar-refractivity contribution in [2.75, 3.05) is 7.11 Å². The number of ether oxygens (including phenoxy) is 1. The standard InChI is InChI=1S/C16H13ClO2/c1-19-15-8-5-12(6-9-15)7-10-16(18)13-3-2-4-14(17)11-13/h2-11H,1H3. The molecule has 0 saturated heterocycles. The zero-order valence-electron chi connectivity index (χ0n) is 10.5. The summed E-state index contributed by atoms with van der Waals surface area (Å²) in [6.45, 7) is 0. The highest BCUT2D eigenvalue weighted by atomic mass is 35.5. The van der Waals surface area contributed by atoms with Crippen LogP contribution >= 0.6 is 11.6 Å². The highest BCUT2D eigenvalue weighted by molar-refractivity contribution is 6.31. The lowest BCUT2D eigenvalue weighted by atomic mass is 10.1. The molecule has 19 heavy (non-hydrogen) atoms. The maximum Gasteiger partial charge on any atom is 0.185 e. The molecule has 0 amide bonds. The van der Waals surface area contributed by atoms with Crippen molar-refractivity contribution in [2.24, 2.45) is 0 Å². The van der Waals surface area contributed by atoms with E-state index in [1.807, 2.05) is 24.3 Å². The number of carbonyl (C=O) groups excluding carboxylic acids is 1. The summed E-state index contributed by atoms with van der Waals surface area (Å²) in [6.07, 6.45) is 3.30. The van der Waals surface area contributed by atoms with Crippen molar-refractivity contribution in [3.63, 3.8) is 0 Å². The molecule has 96 valence electrons. The van der Waals surface area contributed by atoms with Gasteiger partial charge in [-0.3, -0.25) is 4.79 Å². The van der Waals surface area contributed by atoms with E-state index in [4.69, 9.17) is 16.3 Å². The number of benzene rings is 2. The van der Waals surface area contributed by atoms with Crippen molar-refractivity contribution >= 4 is 23.5 Å². The molecule has 0 aromatic heterocycles. The summed E-state index contributed by atoms with van der Waals surface area (Å²) in [5.41, 5.74) is 1.52. The number of ketones is 1. The van der Waals surface area contributed by atoms with E-state index in [1.165, 1.54) is 6.08 Å². The zero-order valence-corrected chi connectivity index (χ0v) is 11.2. The first-order valence-corrected chi connectivity index (χ1v) is 6.19. The van der Waals surface area contributed by atoms with Crippen LogP contribution in [0.5, 0.6) is 5.75 Å². The fourth-order valence-corrected chi connectivity index (χ4v) is 1.82. The summed E-state index contributed by atoms with van der Waals surface area (Å²) >= 11 is 5.85. The van der Waals surface area contributed by atoms with E-state index < -0.39 is 0 Å². The van der Waals surface area contributed by atoms with E-state index in [9.17, 15) is 4.79 Å². The first kappa shape index (κ1) is 13.4. The van der Waals surface area contributed by atoms with E-state index in [0.29, 0.717) is 10.6 Å². The van der Waals surface area contributed by atoms with Crippen LogP contribution in [0.25, 0.3) is 6.08 Å². The Hall–Kier alpha value is -2.06. The minimum absolute atomic E-state index is 0.0710. The first-order chi connectivity index (χ1) is 9.19. The van der Waals surface area contributed by atoms with Crippen LogP contribution in [0.1, 0.15) is 15.9 Å². The molecular formula is C16H13ClO2. The van der Waals surface area contributed by atoms with Gasteiger partial charge in [-0.1, -0.05) is 41.9 Å². The van der Waals surface area contributed by atoms with Gasteiger partial charge in [-0.25, -0.2) is 0 Å². The Balaban J connectivity index is 2.11. The summed E-state index contributed by atoms with van der Waals surface area (Å²) in [5.74, 6) is 0.719. The molecule has 2 aromatic carbocycles. The lowest BCUT2D eigenvalue weighted by Crippen LogP contribution is -1.93. The molecule has 2 rings (SSSR count). The molecule has 0 unspecified atom stereocenters. The molecule has 0 bridgehead atoms. The van der Waals surface area contributed by atoms with Gasteiger partial charge in [-0.2, -0.15) is 0 Å². The maximum atomic E-state index is 11.9. The molecular weight excluding hydrogens is 260 g/mol. The van der Waals surface area contributed by atoms with Crippen molar-refractivity contribution in [3.05, 3.63) is 70.8 Å². The van der Waals surface area contributed by atoms with E-state index in [0.717, 1.165) is 11.3 Å².